The van der Waals surface area contributed by atoms with E-state index in [-0.39, 0.29) is 4.90 Å². The van der Waals surface area contributed by atoms with E-state index in [0.29, 0.717) is 6.26 Å². The summed E-state index contributed by atoms with van der Waals surface area (Å²) in [5.74, 6) is -1.76. The van der Waals surface area contributed by atoms with Gasteiger partial charge in [0.15, 0.2) is 9.84 Å². The molecule has 0 fully saturated rings. The number of nitrogens with one attached hydrogen (secondary N) is 1. The second kappa shape index (κ2) is 5.51. The van der Waals surface area contributed by atoms with Crippen LogP contribution in [0, 0.1) is 0 Å². The summed E-state index contributed by atoms with van der Waals surface area (Å²) in [4.78, 5) is 8.51. The molecule has 0 aliphatic heterocycles. The molecule has 1 aromatic carbocycles. The second-order valence-electron chi connectivity index (χ2n) is 4.18. The highest BCUT2D eigenvalue weighted by molar-refractivity contribution is 7.95. The van der Waals surface area contributed by atoms with Gasteiger partial charge in [-0.1, -0.05) is 25.1 Å². The lowest BCUT2D eigenvalue weighted by Crippen LogP contribution is -2.59. The molecule has 0 saturated carbocycles. The van der Waals surface area contributed by atoms with Crippen LogP contribution in [-0.2, 0) is 24.7 Å². The van der Waals surface area contributed by atoms with Crippen molar-refractivity contribution in [3.63, 3.8) is 0 Å². The number of sulfonamides is 1. The van der Waals surface area contributed by atoms with Gasteiger partial charge >= 0.3 is 5.97 Å². The molecule has 1 atom stereocenters. The summed E-state index contributed by atoms with van der Waals surface area (Å²) in [6.07, 6.45) is 0.241. The molecule has 1 aromatic rings. The van der Waals surface area contributed by atoms with E-state index < -0.39 is 37.1 Å². The maximum atomic E-state index is 12.1. The van der Waals surface area contributed by atoms with Crippen LogP contribution in [0.15, 0.2) is 35.2 Å². The fourth-order valence-corrected chi connectivity index (χ4v) is 4.71. The molecule has 0 bridgehead atoms. The first kappa shape index (κ1) is 16.6. The molecule has 0 spiro atoms. The molecule has 0 radical (unpaired) electrons. The van der Waals surface area contributed by atoms with Crippen LogP contribution in [0.1, 0.15) is 13.3 Å². The molecule has 20 heavy (non-hydrogen) atoms. The van der Waals surface area contributed by atoms with Crippen molar-refractivity contribution in [2.24, 2.45) is 0 Å². The zero-order valence-electron chi connectivity index (χ0n) is 10.9. The first-order chi connectivity index (χ1) is 9.07. The molecule has 1 unspecified atom stereocenters. The first-order valence-corrected chi connectivity index (χ1v) is 8.96. The van der Waals surface area contributed by atoms with E-state index in [1.54, 1.807) is 10.8 Å². The molecule has 9 heteroatoms. The Morgan fingerprint density at radius 3 is 2.05 bits per heavy atom. The lowest BCUT2D eigenvalue weighted by Gasteiger charge is -2.26. The van der Waals surface area contributed by atoms with Crippen molar-refractivity contribution in [2.45, 2.75) is 23.1 Å². The van der Waals surface area contributed by atoms with Crippen LogP contribution in [-0.4, -0.2) is 39.0 Å². The Hall–Kier alpha value is -1.45. The van der Waals surface area contributed by atoms with Crippen molar-refractivity contribution in [3.05, 3.63) is 30.3 Å². The second-order valence-corrected chi connectivity index (χ2v) is 8.10. The Kier molecular flexibility index (Phi) is 4.57. The van der Waals surface area contributed by atoms with Gasteiger partial charge in [-0.05, 0) is 18.6 Å². The molecular formula is C11H15NO6S2. The van der Waals surface area contributed by atoms with Gasteiger partial charge in [-0.15, -0.1) is 0 Å². The highest BCUT2D eigenvalue weighted by Gasteiger charge is 2.50. The van der Waals surface area contributed by atoms with Gasteiger partial charge in [0.2, 0.25) is 14.9 Å². The smallest absolute Gasteiger partial charge is 0.340 e. The Morgan fingerprint density at radius 2 is 1.70 bits per heavy atom. The highest BCUT2D eigenvalue weighted by atomic mass is 32.2. The molecule has 2 N–H and O–H groups in total. The molecule has 7 nitrogen and oxygen atoms in total. The number of aliphatic carboxylic acids is 1. The van der Waals surface area contributed by atoms with Gasteiger partial charge in [-0.25, -0.2) is 21.6 Å². The van der Waals surface area contributed by atoms with Gasteiger partial charge in [0.05, 0.1) is 4.90 Å². The molecule has 0 aliphatic rings. The summed E-state index contributed by atoms with van der Waals surface area (Å²) in [5.41, 5.74) is 0. The van der Waals surface area contributed by atoms with E-state index in [1.165, 1.54) is 31.2 Å². The van der Waals surface area contributed by atoms with Crippen LogP contribution in [0.5, 0.6) is 0 Å². The maximum Gasteiger partial charge on any atom is 0.340 e. The van der Waals surface area contributed by atoms with Crippen LogP contribution in [0.4, 0.5) is 0 Å². The summed E-state index contributed by atoms with van der Waals surface area (Å²) < 4.78 is 49.5. The SMILES string of the molecule is CCC(NS(=O)(=O)c1ccccc1)(C(=O)O)S(C)(=O)=O. The largest absolute Gasteiger partial charge is 0.479 e. The normalized spacial score (nSPS) is 15.5. The van der Waals surface area contributed by atoms with Crippen molar-refractivity contribution in [1.29, 1.82) is 0 Å². The summed E-state index contributed by atoms with van der Waals surface area (Å²) in [7, 11) is -8.48. The van der Waals surface area contributed by atoms with E-state index in [1.807, 2.05) is 0 Å². The van der Waals surface area contributed by atoms with Gasteiger partial charge < -0.3 is 5.11 Å². The standard InChI is InChI=1S/C11H15NO6S2/c1-3-11(10(13)14,19(2,15)16)12-20(17,18)9-7-5-4-6-8-9/h4-8,12H,3H2,1-2H3,(H,13,14). The highest BCUT2D eigenvalue weighted by Crippen LogP contribution is 2.22. The Bertz CT molecular complexity index is 696. The number of carboxylic acid groups (broad SMARTS) is 1. The van der Waals surface area contributed by atoms with Crippen molar-refractivity contribution in [2.75, 3.05) is 6.26 Å². The van der Waals surface area contributed by atoms with Gasteiger partial charge in [0.25, 0.3) is 0 Å². The van der Waals surface area contributed by atoms with E-state index in [2.05, 4.69) is 0 Å². The maximum absolute atomic E-state index is 12.1. The lowest BCUT2D eigenvalue weighted by molar-refractivity contribution is -0.140. The minimum absolute atomic E-state index is 0.206. The first-order valence-electron chi connectivity index (χ1n) is 5.59. The quantitative estimate of drug-likeness (QED) is 0.773. The zero-order valence-corrected chi connectivity index (χ0v) is 12.5. The third kappa shape index (κ3) is 3.00. The van der Waals surface area contributed by atoms with E-state index >= 15 is 0 Å². The lowest BCUT2D eigenvalue weighted by atomic mass is 10.2. The van der Waals surface area contributed by atoms with Crippen LogP contribution in [0.3, 0.4) is 0 Å². The fraction of sp³-hybridized carbons (Fsp3) is 0.364. The van der Waals surface area contributed by atoms with Crippen LogP contribution in [0.25, 0.3) is 0 Å². The number of carboxylic acids is 1. The summed E-state index contributed by atoms with van der Waals surface area (Å²) in [5, 5.41) is 9.16. The number of hydrogen-bond acceptors (Lipinski definition) is 5. The number of rotatable bonds is 6. The summed E-state index contributed by atoms with van der Waals surface area (Å²) in [6.45, 7) is 1.28. The van der Waals surface area contributed by atoms with Crippen LogP contribution in [0.2, 0.25) is 0 Å². The average Bonchev–Trinajstić information content (AvgIpc) is 2.35. The molecular weight excluding hydrogens is 306 g/mol. The fourth-order valence-electron chi connectivity index (χ4n) is 1.64. The minimum Gasteiger partial charge on any atom is -0.479 e. The number of hydrogen-bond donors (Lipinski definition) is 2. The topological polar surface area (TPSA) is 118 Å². The molecule has 0 heterocycles. The average molecular weight is 321 g/mol. The Balaban J connectivity index is 3.39. The summed E-state index contributed by atoms with van der Waals surface area (Å²) in [6, 6.07) is 6.96. The molecule has 0 amide bonds. The van der Waals surface area contributed by atoms with Crippen molar-refractivity contribution >= 4 is 25.8 Å². The van der Waals surface area contributed by atoms with Gasteiger partial charge in [-0.3, -0.25) is 0 Å². The molecule has 0 saturated heterocycles. The van der Waals surface area contributed by atoms with Crippen molar-refractivity contribution in [3.8, 4) is 0 Å². The third-order valence-corrected chi connectivity index (χ3v) is 6.30. The van der Waals surface area contributed by atoms with E-state index in [9.17, 15) is 21.6 Å². The predicted octanol–water partition coefficient (Wildman–Crippen LogP) is 0.200. The third-order valence-electron chi connectivity index (χ3n) is 2.83. The van der Waals surface area contributed by atoms with Crippen LogP contribution >= 0.6 is 0 Å². The summed E-state index contributed by atoms with van der Waals surface area (Å²) >= 11 is 0. The number of benzene rings is 1. The predicted molar refractivity (Wildman–Crippen MR) is 72.3 cm³/mol. The molecule has 112 valence electrons. The van der Waals surface area contributed by atoms with Crippen molar-refractivity contribution < 1.29 is 26.7 Å². The number of carbonyl (C=O) groups is 1. The van der Waals surface area contributed by atoms with Crippen molar-refractivity contribution in [1.82, 2.24) is 4.72 Å². The van der Waals surface area contributed by atoms with Gasteiger partial charge in [0.1, 0.15) is 0 Å². The molecule has 1 rings (SSSR count). The van der Waals surface area contributed by atoms with E-state index in [4.69, 9.17) is 5.11 Å². The Morgan fingerprint density at radius 1 is 1.20 bits per heavy atom. The monoisotopic (exact) mass is 321 g/mol. The van der Waals surface area contributed by atoms with Crippen LogP contribution < -0.4 is 4.72 Å². The Labute approximate surface area is 117 Å². The number of sulfone groups is 1. The minimum atomic E-state index is -4.27. The molecule has 0 aromatic heterocycles. The van der Waals surface area contributed by atoms with Gasteiger partial charge in [0, 0.05) is 6.26 Å². The zero-order chi connectivity index (χ0) is 15.6. The van der Waals surface area contributed by atoms with Gasteiger partial charge in [-0.2, -0.15) is 4.72 Å². The van der Waals surface area contributed by atoms with E-state index in [0.717, 1.165) is 0 Å². The molecule has 0 aliphatic carbocycles.